The van der Waals surface area contributed by atoms with Crippen LogP contribution in [0.4, 0.5) is 0 Å². The number of halogens is 1. The molecule has 4 nitrogen and oxygen atoms in total. The summed E-state index contributed by atoms with van der Waals surface area (Å²) in [7, 11) is 0. The predicted octanol–water partition coefficient (Wildman–Crippen LogP) is 4.90. The van der Waals surface area contributed by atoms with Gasteiger partial charge < -0.3 is 14.4 Å². The quantitative estimate of drug-likeness (QED) is 0.464. The normalized spacial score (nSPS) is 15.9. The Hall–Kier alpha value is -1.88. The van der Waals surface area contributed by atoms with Crippen LogP contribution in [0.3, 0.4) is 0 Å². The van der Waals surface area contributed by atoms with Crippen LogP contribution in [0, 0.1) is 0 Å². The molecule has 1 saturated heterocycles. The van der Waals surface area contributed by atoms with Gasteiger partial charge in [-0.2, -0.15) is 0 Å². The van der Waals surface area contributed by atoms with E-state index in [-0.39, 0.29) is 18.4 Å². The molecule has 0 saturated carbocycles. The number of nitrogens with zero attached hydrogens (tertiary/aromatic N) is 1. The summed E-state index contributed by atoms with van der Waals surface area (Å²) in [6, 6.07) is 18.9. The number of esters is 1. The van der Waals surface area contributed by atoms with Crippen molar-refractivity contribution in [3.8, 4) is 0 Å². The lowest BCUT2D eigenvalue weighted by molar-refractivity contribution is -0.00865. The van der Waals surface area contributed by atoms with Crippen molar-refractivity contribution in [3.63, 3.8) is 0 Å². The zero-order valence-corrected chi connectivity index (χ0v) is 17.1. The number of carbonyl (C=O) groups excluding carboxylic acids is 1. The van der Waals surface area contributed by atoms with Crippen LogP contribution >= 0.6 is 12.4 Å². The molecule has 28 heavy (non-hydrogen) atoms. The molecule has 0 aliphatic carbocycles. The van der Waals surface area contributed by atoms with Crippen LogP contribution in [-0.2, 0) is 9.47 Å². The summed E-state index contributed by atoms with van der Waals surface area (Å²) in [5.41, 5.74) is 1.51. The van der Waals surface area contributed by atoms with E-state index in [2.05, 4.69) is 4.90 Å². The number of hydrogen-bond donors (Lipinski definition) is 0. The maximum absolute atomic E-state index is 12.5. The second-order valence-corrected chi connectivity index (χ2v) is 7.00. The van der Waals surface area contributed by atoms with Crippen molar-refractivity contribution in [2.45, 2.75) is 31.8 Å². The van der Waals surface area contributed by atoms with Crippen molar-refractivity contribution in [3.05, 3.63) is 71.8 Å². The third-order valence-electron chi connectivity index (χ3n) is 4.95. The number of hydrogen-bond acceptors (Lipinski definition) is 4. The molecule has 2 aromatic rings. The molecule has 0 N–H and O–H groups in total. The second-order valence-electron chi connectivity index (χ2n) is 7.00. The zero-order chi connectivity index (χ0) is 18.7. The Morgan fingerprint density at radius 2 is 1.50 bits per heavy atom. The van der Waals surface area contributed by atoms with E-state index in [4.69, 9.17) is 9.47 Å². The number of likely N-dealkylation sites (tertiary alicyclic amines) is 1. The van der Waals surface area contributed by atoms with Crippen LogP contribution in [0.25, 0.3) is 0 Å². The van der Waals surface area contributed by atoms with Crippen LogP contribution in [0.5, 0.6) is 0 Å². The molecule has 1 atom stereocenters. The molecule has 5 heteroatoms. The van der Waals surface area contributed by atoms with Crippen LogP contribution < -0.4 is 0 Å². The molecule has 152 valence electrons. The van der Waals surface area contributed by atoms with Gasteiger partial charge in [0.2, 0.25) is 0 Å². The van der Waals surface area contributed by atoms with Gasteiger partial charge in [-0.15, -0.1) is 12.4 Å². The van der Waals surface area contributed by atoms with Crippen molar-refractivity contribution >= 4 is 18.4 Å². The fourth-order valence-corrected chi connectivity index (χ4v) is 3.38. The molecule has 1 unspecified atom stereocenters. The molecule has 3 rings (SSSR count). The van der Waals surface area contributed by atoms with Crippen LogP contribution in [0.1, 0.15) is 47.7 Å². The fraction of sp³-hybridized carbons (Fsp3) is 0.435. The molecule has 1 aliphatic rings. The van der Waals surface area contributed by atoms with E-state index in [1.807, 2.05) is 48.5 Å². The van der Waals surface area contributed by atoms with Gasteiger partial charge in [-0.1, -0.05) is 61.4 Å². The van der Waals surface area contributed by atoms with Crippen LogP contribution in [0.15, 0.2) is 60.7 Å². The van der Waals surface area contributed by atoms with Gasteiger partial charge in [-0.3, -0.25) is 0 Å². The molecule has 2 aromatic carbocycles. The summed E-state index contributed by atoms with van der Waals surface area (Å²) < 4.78 is 11.7. The van der Waals surface area contributed by atoms with E-state index >= 15 is 0 Å². The van der Waals surface area contributed by atoms with Crippen molar-refractivity contribution in [1.29, 1.82) is 0 Å². The zero-order valence-electron chi connectivity index (χ0n) is 16.3. The topological polar surface area (TPSA) is 38.8 Å². The summed E-state index contributed by atoms with van der Waals surface area (Å²) in [6.07, 6.45) is 4.83. The molecule has 0 bridgehead atoms. The number of rotatable bonds is 8. The van der Waals surface area contributed by atoms with Crippen LogP contribution in [-0.4, -0.2) is 43.7 Å². The Morgan fingerprint density at radius 1 is 0.893 bits per heavy atom. The van der Waals surface area contributed by atoms with Gasteiger partial charge in [0.1, 0.15) is 0 Å². The first-order chi connectivity index (χ1) is 13.3. The predicted molar refractivity (Wildman–Crippen MR) is 114 cm³/mol. The van der Waals surface area contributed by atoms with E-state index < -0.39 is 6.10 Å². The van der Waals surface area contributed by atoms with Crippen LogP contribution in [0.2, 0.25) is 0 Å². The van der Waals surface area contributed by atoms with Gasteiger partial charge in [-0.05, 0) is 43.6 Å². The first-order valence-electron chi connectivity index (χ1n) is 9.94. The van der Waals surface area contributed by atoms with E-state index in [9.17, 15) is 4.79 Å². The van der Waals surface area contributed by atoms with Gasteiger partial charge in [0.25, 0.3) is 0 Å². The summed E-state index contributed by atoms with van der Waals surface area (Å²) in [6.45, 7) is 4.29. The number of ether oxygens (including phenoxy) is 2. The SMILES string of the molecule is Cl.O=C(OC(COCCN1CCCCCC1)c1ccccc1)c1ccccc1. The first kappa shape index (κ1) is 22.4. The summed E-state index contributed by atoms with van der Waals surface area (Å²) in [4.78, 5) is 14.9. The average molecular weight is 404 g/mol. The van der Waals surface area contributed by atoms with E-state index in [1.165, 1.54) is 25.7 Å². The Kier molecular flexibility index (Phi) is 10.0. The minimum Gasteiger partial charge on any atom is -0.451 e. The largest absolute Gasteiger partial charge is 0.451 e. The standard InChI is InChI=1S/C23H29NO3.ClH/c25-23(21-13-7-4-8-14-21)27-22(20-11-5-3-6-12-20)19-26-18-17-24-15-9-1-2-10-16-24;/h3-8,11-14,22H,1-2,9-10,15-19H2;1H. The lowest BCUT2D eigenvalue weighted by Gasteiger charge is -2.22. The lowest BCUT2D eigenvalue weighted by atomic mass is 10.1. The minimum absolute atomic E-state index is 0. The van der Waals surface area contributed by atoms with Gasteiger partial charge in [0.05, 0.1) is 18.8 Å². The Morgan fingerprint density at radius 3 is 2.14 bits per heavy atom. The number of benzene rings is 2. The molecular formula is C23H30ClNO3. The molecule has 1 fully saturated rings. The third kappa shape index (κ3) is 7.27. The molecule has 0 amide bonds. The van der Waals surface area contributed by atoms with Gasteiger partial charge in [-0.25, -0.2) is 4.79 Å². The highest BCUT2D eigenvalue weighted by molar-refractivity contribution is 5.89. The highest BCUT2D eigenvalue weighted by Crippen LogP contribution is 2.20. The van der Waals surface area contributed by atoms with Crippen molar-refractivity contribution < 1.29 is 14.3 Å². The third-order valence-corrected chi connectivity index (χ3v) is 4.95. The summed E-state index contributed by atoms with van der Waals surface area (Å²) >= 11 is 0. The smallest absolute Gasteiger partial charge is 0.338 e. The molecule has 0 aromatic heterocycles. The minimum atomic E-state index is -0.400. The second kappa shape index (κ2) is 12.6. The molecule has 1 aliphatic heterocycles. The Labute approximate surface area is 174 Å². The highest BCUT2D eigenvalue weighted by Gasteiger charge is 2.18. The van der Waals surface area contributed by atoms with Crippen molar-refractivity contribution in [2.24, 2.45) is 0 Å². The highest BCUT2D eigenvalue weighted by atomic mass is 35.5. The van der Waals surface area contributed by atoms with Gasteiger partial charge in [0.15, 0.2) is 6.10 Å². The maximum Gasteiger partial charge on any atom is 0.338 e. The summed E-state index contributed by atoms with van der Waals surface area (Å²) in [5, 5.41) is 0. The molecule has 0 spiro atoms. The molecular weight excluding hydrogens is 374 g/mol. The van der Waals surface area contributed by atoms with E-state index in [0.717, 1.165) is 25.2 Å². The lowest BCUT2D eigenvalue weighted by Crippen LogP contribution is -2.29. The Bertz CT molecular complexity index is 673. The van der Waals surface area contributed by atoms with E-state index in [1.54, 1.807) is 12.1 Å². The van der Waals surface area contributed by atoms with Gasteiger partial charge >= 0.3 is 5.97 Å². The fourth-order valence-electron chi connectivity index (χ4n) is 3.38. The van der Waals surface area contributed by atoms with Crippen molar-refractivity contribution in [1.82, 2.24) is 4.90 Å². The first-order valence-corrected chi connectivity index (χ1v) is 9.94. The molecule has 1 heterocycles. The number of carbonyl (C=O) groups is 1. The average Bonchev–Trinajstić information content (AvgIpc) is 3.00. The molecule has 0 radical (unpaired) electrons. The maximum atomic E-state index is 12.5. The Balaban J connectivity index is 0.00000280. The monoisotopic (exact) mass is 403 g/mol. The van der Waals surface area contributed by atoms with Crippen molar-refractivity contribution in [2.75, 3.05) is 32.8 Å². The van der Waals surface area contributed by atoms with Gasteiger partial charge in [0, 0.05) is 6.54 Å². The summed E-state index contributed by atoms with van der Waals surface area (Å²) in [5.74, 6) is -0.319. The van der Waals surface area contributed by atoms with E-state index in [0.29, 0.717) is 18.8 Å².